The third-order valence-electron chi connectivity index (χ3n) is 2.22. The van der Waals surface area contributed by atoms with E-state index < -0.39 is 0 Å². The van der Waals surface area contributed by atoms with Gasteiger partial charge in [-0.25, -0.2) is 9.97 Å². The van der Waals surface area contributed by atoms with Gasteiger partial charge in [0.05, 0.1) is 0 Å². The van der Waals surface area contributed by atoms with Gasteiger partial charge in [-0.15, -0.1) is 23.1 Å². The highest BCUT2D eigenvalue weighted by Gasteiger charge is 2.10. The SMILES string of the molecule is CCCSc1nc(N)nc2sc(CC)cc12. The van der Waals surface area contributed by atoms with Gasteiger partial charge in [-0.2, -0.15) is 0 Å². The summed E-state index contributed by atoms with van der Waals surface area (Å²) in [5.41, 5.74) is 5.72. The van der Waals surface area contributed by atoms with Crippen LogP contribution in [0.1, 0.15) is 25.1 Å². The van der Waals surface area contributed by atoms with Crippen LogP contribution in [0, 0.1) is 0 Å². The van der Waals surface area contributed by atoms with Gasteiger partial charge in [0.2, 0.25) is 5.95 Å². The van der Waals surface area contributed by atoms with Gasteiger partial charge < -0.3 is 5.73 Å². The Hall–Kier alpha value is -0.810. The van der Waals surface area contributed by atoms with E-state index in [1.165, 1.54) is 4.88 Å². The molecular weight excluding hydrogens is 238 g/mol. The average Bonchev–Trinajstić information content (AvgIpc) is 2.68. The zero-order valence-corrected chi connectivity index (χ0v) is 11.1. The van der Waals surface area contributed by atoms with Gasteiger partial charge in [0.25, 0.3) is 0 Å². The highest BCUT2D eigenvalue weighted by atomic mass is 32.2. The van der Waals surface area contributed by atoms with E-state index in [0.29, 0.717) is 5.95 Å². The maximum absolute atomic E-state index is 5.72. The molecule has 2 aromatic heterocycles. The zero-order chi connectivity index (χ0) is 11.5. The number of anilines is 1. The lowest BCUT2D eigenvalue weighted by Crippen LogP contribution is -1.95. The summed E-state index contributed by atoms with van der Waals surface area (Å²) < 4.78 is 0. The minimum Gasteiger partial charge on any atom is -0.368 e. The van der Waals surface area contributed by atoms with Crippen LogP contribution in [0.4, 0.5) is 5.95 Å². The van der Waals surface area contributed by atoms with Gasteiger partial charge in [0, 0.05) is 10.3 Å². The number of rotatable bonds is 4. The molecule has 0 amide bonds. The fourth-order valence-corrected chi connectivity index (χ4v) is 3.35. The summed E-state index contributed by atoms with van der Waals surface area (Å²) in [6.07, 6.45) is 2.18. The van der Waals surface area contributed by atoms with E-state index in [1.54, 1.807) is 23.1 Å². The number of nitrogen functional groups attached to an aromatic ring is 1. The highest BCUT2D eigenvalue weighted by molar-refractivity contribution is 7.99. The van der Waals surface area contributed by atoms with E-state index in [9.17, 15) is 0 Å². The van der Waals surface area contributed by atoms with Crippen molar-refractivity contribution in [2.75, 3.05) is 11.5 Å². The smallest absolute Gasteiger partial charge is 0.222 e. The number of hydrogen-bond donors (Lipinski definition) is 1. The van der Waals surface area contributed by atoms with Crippen molar-refractivity contribution in [1.82, 2.24) is 9.97 Å². The molecule has 0 saturated carbocycles. The first-order valence-electron chi connectivity index (χ1n) is 5.43. The molecule has 2 aromatic rings. The second-order valence-electron chi connectivity index (χ2n) is 3.52. The summed E-state index contributed by atoms with van der Waals surface area (Å²) in [4.78, 5) is 11.0. The van der Waals surface area contributed by atoms with Crippen LogP contribution in [0.15, 0.2) is 11.1 Å². The molecule has 0 aliphatic carbocycles. The molecule has 2 rings (SSSR count). The van der Waals surface area contributed by atoms with Crippen LogP contribution in [-0.4, -0.2) is 15.7 Å². The van der Waals surface area contributed by atoms with Crippen molar-refractivity contribution in [2.45, 2.75) is 31.7 Å². The average molecular weight is 253 g/mol. The van der Waals surface area contributed by atoms with E-state index in [0.717, 1.165) is 33.8 Å². The van der Waals surface area contributed by atoms with E-state index in [-0.39, 0.29) is 0 Å². The fourth-order valence-electron chi connectivity index (χ4n) is 1.44. The third kappa shape index (κ3) is 2.30. The van der Waals surface area contributed by atoms with Crippen molar-refractivity contribution in [2.24, 2.45) is 0 Å². The molecule has 0 fully saturated rings. The molecule has 0 aromatic carbocycles. The molecule has 0 radical (unpaired) electrons. The Bertz CT molecular complexity index is 493. The van der Waals surface area contributed by atoms with E-state index in [1.807, 2.05) is 0 Å². The Morgan fingerprint density at radius 2 is 2.19 bits per heavy atom. The van der Waals surface area contributed by atoms with E-state index in [4.69, 9.17) is 5.73 Å². The maximum Gasteiger partial charge on any atom is 0.222 e. The lowest BCUT2D eigenvalue weighted by Gasteiger charge is -2.01. The van der Waals surface area contributed by atoms with Gasteiger partial charge in [0.15, 0.2) is 0 Å². The van der Waals surface area contributed by atoms with E-state index in [2.05, 4.69) is 29.9 Å². The van der Waals surface area contributed by atoms with Crippen LogP contribution in [0.2, 0.25) is 0 Å². The zero-order valence-electron chi connectivity index (χ0n) is 9.49. The molecule has 0 aliphatic heterocycles. The summed E-state index contributed by atoms with van der Waals surface area (Å²) in [5.74, 6) is 1.46. The molecule has 0 bridgehead atoms. The molecule has 0 saturated heterocycles. The van der Waals surface area contributed by atoms with Crippen molar-refractivity contribution < 1.29 is 0 Å². The second-order valence-corrected chi connectivity index (χ2v) is 5.72. The van der Waals surface area contributed by atoms with Crippen LogP contribution >= 0.6 is 23.1 Å². The molecule has 0 spiro atoms. The van der Waals surface area contributed by atoms with Crippen LogP contribution in [0.5, 0.6) is 0 Å². The molecule has 2 heterocycles. The largest absolute Gasteiger partial charge is 0.368 e. The third-order valence-corrected chi connectivity index (χ3v) is 4.59. The number of aromatic nitrogens is 2. The molecule has 0 atom stereocenters. The van der Waals surface area contributed by atoms with Crippen molar-refractivity contribution in [3.63, 3.8) is 0 Å². The first kappa shape index (κ1) is 11.7. The molecule has 86 valence electrons. The predicted molar refractivity (Wildman–Crippen MR) is 72.2 cm³/mol. The Morgan fingerprint density at radius 1 is 1.38 bits per heavy atom. The first-order chi connectivity index (χ1) is 7.74. The van der Waals surface area contributed by atoms with Crippen molar-refractivity contribution in [3.8, 4) is 0 Å². The Labute approximate surface area is 103 Å². The molecule has 0 aliphatic rings. The van der Waals surface area contributed by atoms with Gasteiger partial charge in [-0.05, 0) is 24.7 Å². The molecule has 2 N–H and O–H groups in total. The molecule has 16 heavy (non-hydrogen) atoms. The summed E-state index contributed by atoms with van der Waals surface area (Å²) in [5, 5.41) is 2.19. The molecular formula is C11H15N3S2. The first-order valence-corrected chi connectivity index (χ1v) is 7.23. The monoisotopic (exact) mass is 253 g/mol. The van der Waals surface area contributed by atoms with Gasteiger partial charge in [0.1, 0.15) is 9.86 Å². The lowest BCUT2D eigenvalue weighted by molar-refractivity contribution is 1.08. The Morgan fingerprint density at radius 3 is 2.88 bits per heavy atom. The van der Waals surface area contributed by atoms with Crippen LogP contribution in [0.25, 0.3) is 10.2 Å². The standard InChI is InChI=1S/C11H15N3S2/c1-3-5-15-9-8-6-7(4-2)16-10(8)14-11(12)13-9/h6H,3-5H2,1-2H3,(H2,12,13,14). The number of aryl methyl sites for hydroxylation is 1. The number of thiophene rings is 1. The molecule has 3 nitrogen and oxygen atoms in total. The topological polar surface area (TPSA) is 51.8 Å². The minimum atomic E-state index is 0.385. The quantitative estimate of drug-likeness (QED) is 0.670. The van der Waals surface area contributed by atoms with Crippen LogP contribution < -0.4 is 5.73 Å². The van der Waals surface area contributed by atoms with Gasteiger partial charge in [-0.3, -0.25) is 0 Å². The van der Waals surface area contributed by atoms with Gasteiger partial charge >= 0.3 is 0 Å². The summed E-state index contributed by atoms with van der Waals surface area (Å²) >= 11 is 3.48. The summed E-state index contributed by atoms with van der Waals surface area (Å²) in [6.45, 7) is 4.32. The second kappa shape index (κ2) is 5.01. The summed E-state index contributed by atoms with van der Waals surface area (Å²) in [6, 6.07) is 2.19. The number of fused-ring (bicyclic) bond motifs is 1. The fraction of sp³-hybridized carbons (Fsp3) is 0.455. The predicted octanol–water partition coefficient (Wildman–Crippen LogP) is 3.34. The van der Waals surface area contributed by atoms with Crippen molar-refractivity contribution >= 4 is 39.3 Å². The number of nitrogens with zero attached hydrogens (tertiary/aromatic N) is 2. The Kier molecular flexibility index (Phi) is 3.66. The number of thioether (sulfide) groups is 1. The van der Waals surface area contributed by atoms with Crippen molar-refractivity contribution in [3.05, 3.63) is 10.9 Å². The number of hydrogen-bond acceptors (Lipinski definition) is 5. The van der Waals surface area contributed by atoms with Gasteiger partial charge in [-0.1, -0.05) is 13.8 Å². The minimum absolute atomic E-state index is 0.385. The maximum atomic E-state index is 5.72. The van der Waals surface area contributed by atoms with Crippen LogP contribution in [-0.2, 0) is 6.42 Å². The van der Waals surface area contributed by atoms with Crippen molar-refractivity contribution in [1.29, 1.82) is 0 Å². The summed E-state index contributed by atoms with van der Waals surface area (Å²) in [7, 11) is 0. The number of nitrogens with two attached hydrogens (primary N) is 1. The normalized spacial score (nSPS) is 11.1. The highest BCUT2D eigenvalue weighted by Crippen LogP contribution is 2.32. The lowest BCUT2D eigenvalue weighted by atomic mass is 10.3. The van der Waals surface area contributed by atoms with Crippen LogP contribution in [0.3, 0.4) is 0 Å². The molecule has 0 unspecified atom stereocenters. The Balaban J connectivity index is 2.48. The van der Waals surface area contributed by atoms with E-state index >= 15 is 0 Å². The molecule has 5 heteroatoms.